The third-order valence-electron chi connectivity index (χ3n) is 4.60. The quantitative estimate of drug-likeness (QED) is 0.779. The summed E-state index contributed by atoms with van der Waals surface area (Å²) in [6.45, 7) is 7.86. The smallest absolute Gasteiger partial charge is 0.274 e. The fraction of sp³-hybridized carbons (Fsp3) is 0.733. The first-order chi connectivity index (χ1) is 8.78. The zero-order valence-corrected chi connectivity index (χ0v) is 12.3. The van der Waals surface area contributed by atoms with Gasteiger partial charge in [0.15, 0.2) is 0 Å². The number of hydrogen-bond acceptors (Lipinski definition) is 2. The Bertz CT molecular complexity index is 519. The van der Waals surface area contributed by atoms with E-state index in [1.807, 2.05) is 17.8 Å². The molecule has 4 heteroatoms. The van der Waals surface area contributed by atoms with Crippen molar-refractivity contribution in [3.63, 3.8) is 0 Å². The summed E-state index contributed by atoms with van der Waals surface area (Å²) in [6, 6.07) is 0.392. The van der Waals surface area contributed by atoms with E-state index in [9.17, 15) is 4.79 Å². The topological polar surface area (TPSA) is 38.1 Å². The Kier molecular flexibility index (Phi) is 2.57. The Labute approximate surface area is 114 Å². The number of aryl methyl sites for hydroxylation is 1. The van der Waals surface area contributed by atoms with Crippen molar-refractivity contribution < 1.29 is 4.79 Å². The number of amides is 1. The molecule has 1 amide bonds. The molecule has 2 aliphatic rings. The van der Waals surface area contributed by atoms with Crippen LogP contribution in [0.3, 0.4) is 0 Å². The van der Waals surface area contributed by atoms with E-state index in [1.165, 1.54) is 6.42 Å². The average Bonchev–Trinajstić information content (AvgIpc) is 2.78. The van der Waals surface area contributed by atoms with Crippen molar-refractivity contribution in [3.05, 3.63) is 18.2 Å². The van der Waals surface area contributed by atoms with Gasteiger partial charge in [-0.3, -0.25) is 4.79 Å². The van der Waals surface area contributed by atoms with Gasteiger partial charge in [-0.05, 0) is 30.1 Å². The van der Waals surface area contributed by atoms with Gasteiger partial charge in [0, 0.05) is 25.8 Å². The molecule has 2 bridgehead atoms. The minimum Gasteiger partial charge on any atom is -0.340 e. The minimum absolute atomic E-state index is 0.104. The average molecular weight is 261 g/mol. The summed E-state index contributed by atoms with van der Waals surface area (Å²) < 4.78 is 1.83. The van der Waals surface area contributed by atoms with Crippen molar-refractivity contribution in [2.24, 2.45) is 17.9 Å². The van der Waals surface area contributed by atoms with Crippen LogP contribution in [-0.2, 0) is 7.05 Å². The normalized spacial score (nSPS) is 32.6. The number of imidazole rings is 1. The molecular weight excluding hydrogens is 238 g/mol. The minimum atomic E-state index is 0.104. The van der Waals surface area contributed by atoms with Crippen LogP contribution < -0.4 is 0 Å². The Balaban J connectivity index is 1.86. The van der Waals surface area contributed by atoms with Crippen LogP contribution in [0.25, 0.3) is 0 Å². The Morgan fingerprint density at radius 3 is 2.74 bits per heavy atom. The number of fused-ring (bicyclic) bond motifs is 2. The molecule has 1 saturated carbocycles. The van der Waals surface area contributed by atoms with E-state index in [2.05, 4.69) is 30.7 Å². The summed E-state index contributed by atoms with van der Waals surface area (Å²) in [5.74, 6) is 0.104. The molecule has 0 aromatic carbocycles. The van der Waals surface area contributed by atoms with Gasteiger partial charge in [0.25, 0.3) is 5.91 Å². The number of carbonyl (C=O) groups excluding carboxylic acids is 1. The predicted octanol–water partition coefficient (Wildman–Crippen LogP) is 2.46. The number of aromatic nitrogens is 2. The summed E-state index contributed by atoms with van der Waals surface area (Å²) >= 11 is 0. The SMILES string of the molecule is Cn1cnc(C(=O)N2CC3(C)CC2CC(C)(C)C3)c1. The van der Waals surface area contributed by atoms with Crippen LogP contribution in [0.1, 0.15) is 50.5 Å². The molecule has 2 fully saturated rings. The van der Waals surface area contributed by atoms with E-state index in [-0.39, 0.29) is 11.3 Å². The number of nitrogens with zero attached hydrogens (tertiary/aromatic N) is 3. The van der Waals surface area contributed by atoms with Gasteiger partial charge in [-0.1, -0.05) is 20.8 Å². The molecule has 1 aliphatic carbocycles. The molecule has 2 unspecified atom stereocenters. The summed E-state index contributed by atoms with van der Waals surface area (Å²) in [5, 5.41) is 0. The highest BCUT2D eigenvalue weighted by molar-refractivity contribution is 5.92. The van der Waals surface area contributed by atoms with Gasteiger partial charge in [-0.15, -0.1) is 0 Å². The van der Waals surface area contributed by atoms with Gasteiger partial charge in [-0.2, -0.15) is 0 Å². The number of hydrogen-bond donors (Lipinski definition) is 0. The predicted molar refractivity (Wildman–Crippen MR) is 73.8 cm³/mol. The molecule has 1 saturated heterocycles. The Hall–Kier alpha value is -1.32. The van der Waals surface area contributed by atoms with Gasteiger partial charge < -0.3 is 9.47 Å². The van der Waals surface area contributed by atoms with Crippen LogP contribution in [0.5, 0.6) is 0 Å². The second kappa shape index (κ2) is 3.84. The first-order valence-electron chi connectivity index (χ1n) is 7.07. The van der Waals surface area contributed by atoms with Crippen molar-refractivity contribution in [1.82, 2.24) is 14.5 Å². The monoisotopic (exact) mass is 261 g/mol. The fourth-order valence-electron chi connectivity index (χ4n) is 4.37. The molecule has 2 atom stereocenters. The van der Waals surface area contributed by atoms with Crippen LogP contribution in [0.4, 0.5) is 0 Å². The van der Waals surface area contributed by atoms with E-state index in [0.717, 1.165) is 19.4 Å². The zero-order valence-electron chi connectivity index (χ0n) is 12.3. The Morgan fingerprint density at radius 2 is 2.11 bits per heavy atom. The van der Waals surface area contributed by atoms with Crippen LogP contribution in [0.15, 0.2) is 12.5 Å². The molecule has 1 aromatic rings. The number of rotatable bonds is 1. The molecule has 0 N–H and O–H groups in total. The summed E-state index contributed by atoms with van der Waals surface area (Å²) in [5.41, 5.74) is 1.21. The van der Waals surface area contributed by atoms with Crippen molar-refractivity contribution >= 4 is 5.91 Å². The molecule has 1 aliphatic heterocycles. The van der Waals surface area contributed by atoms with E-state index < -0.39 is 0 Å². The summed E-state index contributed by atoms with van der Waals surface area (Å²) in [7, 11) is 1.90. The lowest BCUT2D eigenvalue weighted by molar-refractivity contribution is 0.0703. The van der Waals surface area contributed by atoms with Gasteiger partial charge in [0.2, 0.25) is 0 Å². The largest absolute Gasteiger partial charge is 0.340 e. The number of likely N-dealkylation sites (tertiary alicyclic amines) is 1. The molecule has 2 heterocycles. The van der Waals surface area contributed by atoms with Crippen molar-refractivity contribution in [2.45, 2.75) is 46.1 Å². The third-order valence-corrected chi connectivity index (χ3v) is 4.60. The van der Waals surface area contributed by atoms with Gasteiger partial charge >= 0.3 is 0 Å². The molecule has 104 valence electrons. The Morgan fingerprint density at radius 1 is 1.37 bits per heavy atom. The van der Waals surface area contributed by atoms with Gasteiger partial charge in [0.1, 0.15) is 5.69 Å². The first kappa shape index (κ1) is 12.7. The second-order valence-corrected chi connectivity index (χ2v) is 7.57. The second-order valence-electron chi connectivity index (χ2n) is 7.57. The molecule has 19 heavy (non-hydrogen) atoms. The molecule has 4 nitrogen and oxygen atoms in total. The fourth-order valence-corrected chi connectivity index (χ4v) is 4.37. The van der Waals surface area contributed by atoms with Crippen molar-refractivity contribution in [1.29, 1.82) is 0 Å². The van der Waals surface area contributed by atoms with Gasteiger partial charge in [0.05, 0.1) is 6.33 Å². The zero-order chi connectivity index (χ0) is 13.8. The third kappa shape index (κ3) is 2.17. The van der Waals surface area contributed by atoms with E-state index in [1.54, 1.807) is 6.33 Å². The lowest BCUT2D eigenvalue weighted by Crippen LogP contribution is -2.37. The molecular formula is C15H23N3O. The van der Waals surface area contributed by atoms with E-state index >= 15 is 0 Å². The molecule has 3 rings (SSSR count). The maximum Gasteiger partial charge on any atom is 0.274 e. The number of carbonyl (C=O) groups is 1. The highest BCUT2D eigenvalue weighted by Crippen LogP contribution is 2.52. The lowest BCUT2D eigenvalue weighted by atomic mass is 9.65. The van der Waals surface area contributed by atoms with Gasteiger partial charge in [-0.25, -0.2) is 4.98 Å². The summed E-state index contributed by atoms with van der Waals surface area (Å²) in [6.07, 6.45) is 6.98. The van der Waals surface area contributed by atoms with Crippen molar-refractivity contribution in [3.8, 4) is 0 Å². The van der Waals surface area contributed by atoms with E-state index in [0.29, 0.717) is 17.2 Å². The summed E-state index contributed by atoms with van der Waals surface area (Å²) in [4.78, 5) is 18.9. The van der Waals surface area contributed by atoms with Crippen LogP contribution in [0.2, 0.25) is 0 Å². The standard InChI is InChI=1S/C15H23N3O/c1-14(2)5-11-6-15(3,8-14)9-18(11)13(19)12-7-17(4)10-16-12/h7,10-11H,5-6,8-9H2,1-4H3. The van der Waals surface area contributed by atoms with Crippen LogP contribution >= 0.6 is 0 Å². The first-order valence-corrected chi connectivity index (χ1v) is 7.07. The highest BCUT2D eigenvalue weighted by atomic mass is 16.2. The lowest BCUT2D eigenvalue weighted by Gasteiger charge is -2.39. The highest BCUT2D eigenvalue weighted by Gasteiger charge is 2.51. The van der Waals surface area contributed by atoms with Crippen molar-refractivity contribution in [2.75, 3.05) is 6.54 Å². The van der Waals surface area contributed by atoms with Crippen LogP contribution in [0, 0.1) is 10.8 Å². The maximum absolute atomic E-state index is 12.6. The molecule has 0 radical (unpaired) electrons. The maximum atomic E-state index is 12.6. The molecule has 0 spiro atoms. The van der Waals surface area contributed by atoms with E-state index in [4.69, 9.17) is 0 Å². The van der Waals surface area contributed by atoms with Crippen LogP contribution in [-0.4, -0.2) is 32.9 Å². The molecule has 1 aromatic heterocycles.